The number of hydrogen-bond acceptors (Lipinski definition) is 6. The number of benzene rings is 2. The Labute approximate surface area is 184 Å². The number of ether oxygens (including phenoxy) is 1. The van der Waals surface area contributed by atoms with Crippen LogP contribution in [0.5, 0.6) is 0 Å². The van der Waals surface area contributed by atoms with Crippen LogP contribution in [0.1, 0.15) is 33.2 Å². The number of carbonyl (C=O) groups is 3. The summed E-state index contributed by atoms with van der Waals surface area (Å²) < 4.78 is 4.99. The first kappa shape index (κ1) is 22.7. The number of carbonyl (C=O) groups excluding carboxylic acids is 3. The van der Waals surface area contributed by atoms with Crippen molar-refractivity contribution in [2.24, 2.45) is 0 Å². The molecule has 1 aliphatic heterocycles. The molecule has 1 aliphatic rings. The smallest absolute Gasteiger partial charge is 0.409 e. The van der Waals surface area contributed by atoms with Gasteiger partial charge in [0.2, 0.25) is 0 Å². The van der Waals surface area contributed by atoms with Crippen LogP contribution in [0.25, 0.3) is 0 Å². The average molecular weight is 440 g/mol. The summed E-state index contributed by atoms with van der Waals surface area (Å²) in [7, 11) is 0. The van der Waals surface area contributed by atoms with E-state index in [1.54, 1.807) is 47.9 Å². The van der Waals surface area contributed by atoms with Gasteiger partial charge in [0.05, 0.1) is 22.8 Å². The lowest BCUT2D eigenvalue weighted by Crippen LogP contribution is -2.50. The Balaban J connectivity index is 1.73. The predicted molar refractivity (Wildman–Crippen MR) is 117 cm³/mol. The van der Waals surface area contributed by atoms with Crippen LogP contribution in [0.3, 0.4) is 0 Å². The highest BCUT2D eigenvalue weighted by atomic mass is 16.6. The van der Waals surface area contributed by atoms with Crippen molar-refractivity contribution in [3.05, 3.63) is 69.3 Å². The second-order valence-electron chi connectivity index (χ2n) is 7.24. The van der Waals surface area contributed by atoms with Gasteiger partial charge in [-0.25, -0.2) is 4.79 Å². The molecule has 168 valence electrons. The number of aryl methyl sites for hydroxylation is 1. The number of amides is 3. The first-order chi connectivity index (χ1) is 15.3. The monoisotopic (exact) mass is 440 g/mol. The van der Waals surface area contributed by atoms with Crippen LogP contribution in [0.2, 0.25) is 0 Å². The van der Waals surface area contributed by atoms with Crippen LogP contribution in [-0.2, 0) is 4.74 Å². The fraction of sp³-hybridized carbons (Fsp3) is 0.318. The maximum atomic E-state index is 13.1. The minimum atomic E-state index is -0.555. The summed E-state index contributed by atoms with van der Waals surface area (Å²) in [6.45, 7) is 4.99. The maximum absolute atomic E-state index is 13.1. The van der Waals surface area contributed by atoms with E-state index in [0.29, 0.717) is 43.0 Å². The van der Waals surface area contributed by atoms with Crippen molar-refractivity contribution in [2.45, 2.75) is 13.8 Å². The Hall–Kier alpha value is -3.95. The predicted octanol–water partition coefficient (Wildman–Crippen LogP) is 3.07. The Kier molecular flexibility index (Phi) is 7.04. The quantitative estimate of drug-likeness (QED) is 0.563. The van der Waals surface area contributed by atoms with Crippen LogP contribution in [-0.4, -0.2) is 65.4 Å². The van der Waals surface area contributed by atoms with Crippen LogP contribution in [0.15, 0.2) is 42.5 Å². The van der Waals surface area contributed by atoms with Crippen molar-refractivity contribution in [2.75, 3.05) is 38.1 Å². The zero-order valence-corrected chi connectivity index (χ0v) is 17.9. The standard InChI is InChI=1S/C22H24N4O6/c1-3-32-22(29)25-12-10-24(11-13-25)21(28)17-6-4-5-7-18(17)23-20(27)16-9-8-15(2)19(14-16)26(30)31/h4-9,14H,3,10-13H2,1-2H3,(H,23,27). The van der Waals surface area contributed by atoms with E-state index < -0.39 is 16.9 Å². The van der Waals surface area contributed by atoms with E-state index in [1.165, 1.54) is 18.2 Å². The van der Waals surface area contributed by atoms with Crippen molar-refractivity contribution in [1.29, 1.82) is 0 Å². The van der Waals surface area contributed by atoms with Gasteiger partial charge in [-0.2, -0.15) is 0 Å². The molecule has 10 heteroatoms. The van der Waals surface area contributed by atoms with Gasteiger partial charge in [0.1, 0.15) is 0 Å². The van der Waals surface area contributed by atoms with E-state index in [1.807, 2.05) is 0 Å². The SMILES string of the molecule is CCOC(=O)N1CCN(C(=O)c2ccccc2NC(=O)c2ccc(C)c([N+](=O)[O-])c2)CC1. The average Bonchev–Trinajstić information content (AvgIpc) is 2.79. The Bertz CT molecular complexity index is 1050. The molecule has 1 fully saturated rings. The van der Waals surface area contributed by atoms with Gasteiger partial charge in [-0.1, -0.05) is 18.2 Å². The highest BCUT2D eigenvalue weighted by Gasteiger charge is 2.27. The van der Waals surface area contributed by atoms with E-state index in [4.69, 9.17) is 4.74 Å². The highest BCUT2D eigenvalue weighted by molar-refractivity contribution is 6.09. The normalized spacial score (nSPS) is 13.4. The zero-order valence-electron chi connectivity index (χ0n) is 17.9. The molecule has 1 heterocycles. The number of rotatable bonds is 5. The minimum Gasteiger partial charge on any atom is -0.450 e. The lowest BCUT2D eigenvalue weighted by molar-refractivity contribution is -0.385. The molecular formula is C22H24N4O6. The lowest BCUT2D eigenvalue weighted by Gasteiger charge is -2.34. The fourth-order valence-corrected chi connectivity index (χ4v) is 3.40. The topological polar surface area (TPSA) is 122 Å². The molecule has 2 aromatic rings. The van der Waals surface area contributed by atoms with Crippen molar-refractivity contribution >= 4 is 29.3 Å². The Morgan fingerprint density at radius 2 is 1.72 bits per heavy atom. The largest absolute Gasteiger partial charge is 0.450 e. The van der Waals surface area contributed by atoms with Crippen molar-refractivity contribution in [3.8, 4) is 0 Å². The van der Waals surface area contributed by atoms with E-state index in [9.17, 15) is 24.5 Å². The second-order valence-corrected chi connectivity index (χ2v) is 7.24. The van der Waals surface area contributed by atoms with Gasteiger partial charge in [0, 0.05) is 43.4 Å². The lowest BCUT2D eigenvalue weighted by atomic mass is 10.1. The molecule has 10 nitrogen and oxygen atoms in total. The molecule has 0 aromatic heterocycles. The van der Waals surface area contributed by atoms with Gasteiger partial charge in [-0.15, -0.1) is 0 Å². The molecule has 0 aliphatic carbocycles. The van der Waals surface area contributed by atoms with Gasteiger partial charge in [0.15, 0.2) is 0 Å². The summed E-state index contributed by atoms with van der Waals surface area (Å²) >= 11 is 0. The number of nitrogens with one attached hydrogen (secondary N) is 1. The first-order valence-electron chi connectivity index (χ1n) is 10.2. The third kappa shape index (κ3) is 5.02. The molecule has 1 N–H and O–H groups in total. The molecule has 0 atom stereocenters. The molecular weight excluding hydrogens is 416 g/mol. The summed E-state index contributed by atoms with van der Waals surface area (Å²) in [6.07, 6.45) is -0.403. The molecule has 1 saturated heterocycles. The number of nitrogens with zero attached hydrogens (tertiary/aromatic N) is 3. The van der Waals surface area contributed by atoms with Crippen LogP contribution in [0.4, 0.5) is 16.2 Å². The summed E-state index contributed by atoms with van der Waals surface area (Å²) in [5.74, 6) is -0.834. The molecule has 2 aromatic carbocycles. The van der Waals surface area contributed by atoms with E-state index >= 15 is 0 Å². The maximum Gasteiger partial charge on any atom is 0.409 e. The second kappa shape index (κ2) is 9.90. The van der Waals surface area contributed by atoms with E-state index in [2.05, 4.69) is 5.32 Å². The van der Waals surface area contributed by atoms with Gasteiger partial charge < -0.3 is 19.9 Å². The molecule has 32 heavy (non-hydrogen) atoms. The first-order valence-corrected chi connectivity index (χ1v) is 10.2. The van der Waals surface area contributed by atoms with Gasteiger partial charge >= 0.3 is 6.09 Å². The number of piperazine rings is 1. The summed E-state index contributed by atoms with van der Waals surface area (Å²) in [5, 5.41) is 13.8. The Morgan fingerprint density at radius 3 is 2.38 bits per heavy atom. The fourth-order valence-electron chi connectivity index (χ4n) is 3.40. The molecule has 0 spiro atoms. The summed E-state index contributed by atoms with van der Waals surface area (Å²) in [4.78, 5) is 51.4. The van der Waals surface area contributed by atoms with Gasteiger partial charge in [-0.05, 0) is 32.0 Å². The third-order valence-corrected chi connectivity index (χ3v) is 5.17. The van der Waals surface area contributed by atoms with Crippen LogP contribution >= 0.6 is 0 Å². The third-order valence-electron chi connectivity index (χ3n) is 5.17. The highest BCUT2D eigenvalue weighted by Crippen LogP contribution is 2.22. The molecule has 3 rings (SSSR count). The van der Waals surface area contributed by atoms with Gasteiger partial charge in [0.25, 0.3) is 17.5 Å². The summed E-state index contributed by atoms with van der Waals surface area (Å²) in [5.41, 5.74) is 1.02. The number of para-hydroxylation sites is 1. The molecule has 0 radical (unpaired) electrons. The Morgan fingerprint density at radius 1 is 1.06 bits per heavy atom. The number of nitro benzene ring substituents is 1. The number of hydrogen-bond donors (Lipinski definition) is 1. The van der Waals surface area contributed by atoms with Crippen LogP contribution in [0, 0.1) is 17.0 Å². The van der Waals surface area contributed by atoms with Crippen LogP contribution < -0.4 is 5.32 Å². The number of nitro groups is 1. The van der Waals surface area contributed by atoms with Crippen molar-refractivity contribution in [1.82, 2.24) is 9.80 Å². The molecule has 0 saturated carbocycles. The van der Waals surface area contributed by atoms with Crippen molar-refractivity contribution < 1.29 is 24.0 Å². The number of anilines is 1. The molecule has 0 unspecified atom stereocenters. The van der Waals surface area contributed by atoms with E-state index in [-0.39, 0.29) is 23.8 Å². The van der Waals surface area contributed by atoms with Crippen molar-refractivity contribution in [3.63, 3.8) is 0 Å². The summed E-state index contributed by atoms with van der Waals surface area (Å²) in [6, 6.07) is 10.8. The molecule has 3 amide bonds. The minimum absolute atomic E-state index is 0.118. The van der Waals surface area contributed by atoms with Gasteiger partial charge in [-0.3, -0.25) is 19.7 Å². The molecule has 0 bridgehead atoms. The zero-order chi connectivity index (χ0) is 23.3. The van der Waals surface area contributed by atoms with E-state index in [0.717, 1.165) is 0 Å².